The topological polar surface area (TPSA) is 46.2 Å². The van der Waals surface area contributed by atoms with E-state index in [1.165, 1.54) is 5.56 Å². The third-order valence-electron chi connectivity index (χ3n) is 3.34. The zero-order valence-corrected chi connectivity index (χ0v) is 13.2. The molecule has 0 aliphatic rings. The van der Waals surface area contributed by atoms with Crippen LogP contribution in [0.15, 0.2) is 54.6 Å². The number of nitrogens with one attached hydrogen (secondary N) is 1. The zero-order valence-electron chi connectivity index (χ0n) is 12.4. The van der Waals surface area contributed by atoms with E-state index in [1.807, 2.05) is 54.6 Å². The summed E-state index contributed by atoms with van der Waals surface area (Å²) in [6.07, 6.45) is 0. The van der Waals surface area contributed by atoms with E-state index < -0.39 is 10.0 Å². The molecule has 0 aliphatic carbocycles. The molecule has 0 spiro atoms. The summed E-state index contributed by atoms with van der Waals surface area (Å²) in [5.74, 6) is 0.492. The van der Waals surface area contributed by atoms with Crippen LogP contribution in [-0.4, -0.2) is 8.42 Å². The van der Waals surface area contributed by atoms with E-state index in [2.05, 4.69) is 18.6 Å². The van der Waals surface area contributed by atoms with Crippen molar-refractivity contribution in [2.75, 3.05) is 0 Å². The van der Waals surface area contributed by atoms with Gasteiger partial charge in [-0.25, -0.2) is 13.1 Å². The maximum Gasteiger partial charge on any atom is 0.216 e. The Balaban J connectivity index is 1.95. The Morgan fingerprint density at radius 1 is 0.905 bits per heavy atom. The van der Waals surface area contributed by atoms with Crippen LogP contribution in [0, 0.1) is 0 Å². The van der Waals surface area contributed by atoms with Crippen molar-refractivity contribution < 1.29 is 8.42 Å². The Morgan fingerprint density at radius 2 is 1.52 bits per heavy atom. The minimum Gasteiger partial charge on any atom is -0.212 e. The molecule has 2 aromatic rings. The average molecular weight is 303 g/mol. The summed E-state index contributed by atoms with van der Waals surface area (Å²) in [6.45, 7) is 4.60. The van der Waals surface area contributed by atoms with Crippen LogP contribution in [0.25, 0.3) is 0 Å². The second-order valence-corrected chi connectivity index (χ2v) is 7.27. The van der Waals surface area contributed by atoms with Crippen LogP contribution in [0.1, 0.15) is 36.5 Å². The number of rotatable bonds is 6. The van der Waals surface area contributed by atoms with E-state index in [-0.39, 0.29) is 5.75 Å². The van der Waals surface area contributed by atoms with E-state index in [1.54, 1.807) is 0 Å². The summed E-state index contributed by atoms with van der Waals surface area (Å²) in [5, 5.41) is 0. The van der Waals surface area contributed by atoms with Crippen molar-refractivity contribution in [2.45, 2.75) is 32.1 Å². The van der Waals surface area contributed by atoms with E-state index in [9.17, 15) is 8.42 Å². The standard InChI is InChI=1S/C17H21NO2S/c1-14(2)17-10-8-15(9-11-17)12-18-21(19,20)13-16-6-4-3-5-7-16/h3-11,14,18H,12-13H2,1-2H3. The van der Waals surface area contributed by atoms with Crippen molar-refractivity contribution in [3.63, 3.8) is 0 Å². The van der Waals surface area contributed by atoms with E-state index in [4.69, 9.17) is 0 Å². The number of sulfonamides is 1. The zero-order chi connectivity index (χ0) is 15.3. The second kappa shape index (κ2) is 6.87. The highest BCUT2D eigenvalue weighted by molar-refractivity contribution is 7.88. The maximum absolute atomic E-state index is 12.0. The van der Waals surface area contributed by atoms with Gasteiger partial charge in [0.25, 0.3) is 0 Å². The molecule has 0 saturated carbocycles. The van der Waals surface area contributed by atoms with Crippen LogP contribution in [0.4, 0.5) is 0 Å². The lowest BCUT2D eigenvalue weighted by Gasteiger charge is -2.09. The van der Waals surface area contributed by atoms with Crippen molar-refractivity contribution in [3.05, 3.63) is 71.3 Å². The van der Waals surface area contributed by atoms with E-state index in [0.29, 0.717) is 12.5 Å². The van der Waals surface area contributed by atoms with Gasteiger partial charge in [0.05, 0.1) is 5.75 Å². The maximum atomic E-state index is 12.0. The summed E-state index contributed by atoms with van der Waals surface area (Å²) >= 11 is 0. The van der Waals surface area contributed by atoms with Crippen LogP contribution < -0.4 is 4.72 Å². The van der Waals surface area contributed by atoms with Gasteiger partial charge in [-0.1, -0.05) is 68.4 Å². The van der Waals surface area contributed by atoms with Gasteiger partial charge in [0.1, 0.15) is 0 Å². The minimum atomic E-state index is -3.31. The Morgan fingerprint density at radius 3 is 2.10 bits per heavy atom. The normalized spacial score (nSPS) is 11.8. The smallest absolute Gasteiger partial charge is 0.212 e. The molecule has 0 heterocycles. The minimum absolute atomic E-state index is 0.0118. The largest absolute Gasteiger partial charge is 0.216 e. The van der Waals surface area contributed by atoms with Crippen LogP contribution in [-0.2, 0) is 22.3 Å². The highest BCUT2D eigenvalue weighted by Crippen LogP contribution is 2.14. The molecular formula is C17H21NO2S. The summed E-state index contributed by atoms with van der Waals surface area (Å²) in [4.78, 5) is 0. The van der Waals surface area contributed by atoms with Gasteiger partial charge in [0, 0.05) is 6.54 Å². The van der Waals surface area contributed by atoms with Crippen molar-refractivity contribution in [1.82, 2.24) is 4.72 Å². The van der Waals surface area contributed by atoms with Gasteiger partial charge in [-0.15, -0.1) is 0 Å². The average Bonchev–Trinajstić information content (AvgIpc) is 2.46. The van der Waals surface area contributed by atoms with Crippen LogP contribution in [0.3, 0.4) is 0 Å². The predicted molar refractivity (Wildman–Crippen MR) is 86.4 cm³/mol. The molecule has 0 atom stereocenters. The van der Waals surface area contributed by atoms with Gasteiger partial charge >= 0.3 is 0 Å². The van der Waals surface area contributed by atoms with Gasteiger partial charge < -0.3 is 0 Å². The van der Waals surface area contributed by atoms with Crippen molar-refractivity contribution >= 4 is 10.0 Å². The second-order valence-electron chi connectivity index (χ2n) is 5.46. The fourth-order valence-electron chi connectivity index (χ4n) is 2.06. The number of hydrogen-bond acceptors (Lipinski definition) is 2. The first-order valence-corrected chi connectivity index (χ1v) is 8.71. The molecule has 3 nitrogen and oxygen atoms in total. The molecule has 0 amide bonds. The lowest BCUT2D eigenvalue weighted by atomic mass is 10.0. The Kier molecular flexibility index (Phi) is 5.15. The van der Waals surface area contributed by atoms with Gasteiger partial charge in [0.15, 0.2) is 0 Å². The van der Waals surface area contributed by atoms with Crippen molar-refractivity contribution in [2.24, 2.45) is 0 Å². The SMILES string of the molecule is CC(C)c1ccc(CNS(=O)(=O)Cc2ccccc2)cc1. The van der Waals surface area contributed by atoms with Crippen molar-refractivity contribution in [1.29, 1.82) is 0 Å². The molecule has 21 heavy (non-hydrogen) atoms. The number of hydrogen-bond donors (Lipinski definition) is 1. The molecule has 2 rings (SSSR count). The molecule has 0 bridgehead atoms. The molecule has 1 N–H and O–H groups in total. The van der Waals surface area contributed by atoms with Crippen LogP contribution in [0.5, 0.6) is 0 Å². The lowest BCUT2D eigenvalue weighted by molar-refractivity contribution is 0.580. The third kappa shape index (κ3) is 4.99. The first-order valence-electron chi connectivity index (χ1n) is 7.06. The van der Waals surface area contributed by atoms with Crippen molar-refractivity contribution in [3.8, 4) is 0 Å². The first kappa shape index (κ1) is 15.7. The fourth-order valence-corrected chi connectivity index (χ4v) is 3.18. The Hall–Kier alpha value is -1.65. The highest BCUT2D eigenvalue weighted by atomic mass is 32.2. The highest BCUT2D eigenvalue weighted by Gasteiger charge is 2.11. The third-order valence-corrected chi connectivity index (χ3v) is 4.64. The molecule has 0 aliphatic heterocycles. The molecule has 0 aromatic heterocycles. The van der Waals surface area contributed by atoms with Crippen LogP contribution in [0.2, 0.25) is 0 Å². The monoisotopic (exact) mass is 303 g/mol. The molecule has 2 aromatic carbocycles. The molecular weight excluding hydrogens is 282 g/mol. The van der Waals surface area contributed by atoms with Gasteiger partial charge in [0.2, 0.25) is 10.0 Å². The molecule has 0 fully saturated rings. The molecule has 4 heteroatoms. The summed E-state index contributed by atoms with van der Waals surface area (Å²) in [5.41, 5.74) is 3.02. The van der Waals surface area contributed by atoms with Gasteiger partial charge in [-0.3, -0.25) is 0 Å². The van der Waals surface area contributed by atoms with Crippen LogP contribution >= 0.6 is 0 Å². The Labute approximate surface area is 127 Å². The summed E-state index contributed by atoms with van der Waals surface area (Å²) < 4.78 is 26.7. The summed E-state index contributed by atoms with van der Waals surface area (Å²) in [7, 11) is -3.31. The van der Waals surface area contributed by atoms with Gasteiger partial charge in [-0.2, -0.15) is 0 Å². The molecule has 0 unspecified atom stereocenters. The predicted octanol–water partition coefficient (Wildman–Crippen LogP) is 3.43. The Bertz CT molecular complexity index is 662. The lowest BCUT2D eigenvalue weighted by Crippen LogP contribution is -2.24. The van der Waals surface area contributed by atoms with E-state index in [0.717, 1.165) is 11.1 Å². The van der Waals surface area contributed by atoms with E-state index >= 15 is 0 Å². The first-order chi connectivity index (χ1) is 9.96. The van der Waals surface area contributed by atoms with Gasteiger partial charge in [-0.05, 0) is 22.6 Å². The molecule has 0 radical (unpaired) electrons. The summed E-state index contributed by atoms with van der Waals surface area (Å²) in [6, 6.07) is 17.2. The quantitative estimate of drug-likeness (QED) is 0.888. The fraction of sp³-hybridized carbons (Fsp3) is 0.294. The molecule has 112 valence electrons. The molecule has 0 saturated heterocycles. The number of benzene rings is 2.